The van der Waals surface area contributed by atoms with Gasteiger partial charge in [0.25, 0.3) is 0 Å². The van der Waals surface area contributed by atoms with Crippen LogP contribution in [0, 0.1) is 24.1 Å². The molecule has 1 aromatic rings. The van der Waals surface area contributed by atoms with Crippen LogP contribution in [0.2, 0.25) is 0 Å². The Hall–Kier alpha value is -1.60. The molecular formula is C13H17FN2O. The molecule has 0 amide bonds. The smallest absolute Gasteiger partial charge is 0.146 e. The standard InChI is InChI=1S/C13H17FN2O/c1-4-17-9-13(3,8-15)16-12-6-10(2)5-11(14)7-12/h5-7,16H,4,9H2,1-3H3. The molecule has 0 spiro atoms. The van der Waals surface area contributed by atoms with Gasteiger partial charge in [-0.25, -0.2) is 4.39 Å². The van der Waals surface area contributed by atoms with Crippen LogP contribution in [0.1, 0.15) is 19.4 Å². The first-order valence-corrected chi connectivity index (χ1v) is 5.53. The number of nitrogens with zero attached hydrogens (tertiary/aromatic N) is 1. The number of hydrogen-bond acceptors (Lipinski definition) is 3. The third kappa shape index (κ3) is 4.04. The molecule has 1 N–H and O–H groups in total. The molecule has 0 aliphatic rings. The fraction of sp³-hybridized carbons (Fsp3) is 0.462. The molecule has 92 valence electrons. The van der Waals surface area contributed by atoms with E-state index in [9.17, 15) is 4.39 Å². The fourth-order valence-electron chi connectivity index (χ4n) is 1.53. The molecule has 0 bridgehead atoms. The van der Waals surface area contributed by atoms with Crippen molar-refractivity contribution in [3.8, 4) is 6.07 Å². The van der Waals surface area contributed by atoms with Crippen LogP contribution in [0.25, 0.3) is 0 Å². The van der Waals surface area contributed by atoms with Crippen LogP contribution in [0.3, 0.4) is 0 Å². The number of hydrogen-bond donors (Lipinski definition) is 1. The van der Waals surface area contributed by atoms with Gasteiger partial charge in [-0.1, -0.05) is 0 Å². The van der Waals surface area contributed by atoms with Crippen LogP contribution in [0.5, 0.6) is 0 Å². The van der Waals surface area contributed by atoms with Gasteiger partial charge in [0, 0.05) is 12.3 Å². The Labute approximate surface area is 101 Å². The molecule has 0 fully saturated rings. The van der Waals surface area contributed by atoms with Gasteiger partial charge >= 0.3 is 0 Å². The maximum atomic E-state index is 13.2. The number of halogens is 1. The van der Waals surface area contributed by atoms with E-state index >= 15 is 0 Å². The normalized spacial score (nSPS) is 13.8. The van der Waals surface area contributed by atoms with Crippen molar-refractivity contribution in [3.63, 3.8) is 0 Å². The van der Waals surface area contributed by atoms with Gasteiger partial charge < -0.3 is 10.1 Å². The van der Waals surface area contributed by atoms with Crippen LogP contribution in [-0.2, 0) is 4.74 Å². The Kier molecular flexibility index (Phi) is 4.47. The van der Waals surface area contributed by atoms with Crippen molar-refractivity contribution in [1.82, 2.24) is 0 Å². The van der Waals surface area contributed by atoms with Gasteiger partial charge in [0.2, 0.25) is 0 Å². The highest BCUT2D eigenvalue weighted by molar-refractivity contribution is 5.49. The van der Waals surface area contributed by atoms with Crippen LogP contribution < -0.4 is 5.32 Å². The van der Waals surface area contributed by atoms with Crippen molar-refractivity contribution in [2.24, 2.45) is 0 Å². The van der Waals surface area contributed by atoms with Gasteiger partial charge in [-0.2, -0.15) is 5.26 Å². The Balaban J connectivity index is 2.83. The van der Waals surface area contributed by atoms with Crippen molar-refractivity contribution in [2.75, 3.05) is 18.5 Å². The second-order valence-corrected chi connectivity index (χ2v) is 4.22. The first-order chi connectivity index (χ1) is 7.99. The minimum Gasteiger partial charge on any atom is -0.378 e. The number of ether oxygens (including phenoxy) is 1. The summed E-state index contributed by atoms with van der Waals surface area (Å²) in [4.78, 5) is 0. The summed E-state index contributed by atoms with van der Waals surface area (Å²) < 4.78 is 18.4. The largest absolute Gasteiger partial charge is 0.378 e. The van der Waals surface area contributed by atoms with E-state index in [2.05, 4.69) is 11.4 Å². The van der Waals surface area contributed by atoms with Crippen molar-refractivity contribution in [2.45, 2.75) is 26.3 Å². The molecule has 1 aromatic carbocycles. The van der Waals surface area contributed by atoms with Gasteiger partial charge in [-0.15, -0.1) is 0 Å². The molecule has 0 radical (unpaired) electrons. The molecule has 0 aliphatic carbocycles. The minimum atomic E-state index is -0.851. The highest BCUT2D eigenvalue weighted by Crippen LogP contribution is 2.18. The lowest BCUT2D eigenvalue weighted by molar-refractivity contribution is 0.125. The molecule has 1 rings (SSSR count). The van der Waals surface area contributed by atoms with E-state index in [0.29, 0.717) is 12.3 Å². The van der Waals surface area contributed by atoms with E-state index < -0.39 is 5.54 Å². The molecule has 17 heavy (non-hydrogen) atoms. The molecule has 4 heteroatoms. The zero-order chi connectivity index (χ0) is 12.9. The lowest BCUT2D eigenvalue weighted by Crippen LogP contribution is -2.38. The monoisotopic (exact) mass is 236 g/mol. The maximum Gasteiger partial charge on any atom is 0.146 e. The van der Waals surface area contributed by atoms with Gasteiger partial charge in [0.1, 0.15) is 11.4 Å². The predicted octanol–water partition coefficient (Wildman–Crippen LogP) is 2.86. The third-order valence-electron chi connectivity index (χ3n) is 2.30. The number of rotatable bonds is 5. The summed E-state index contributed by atoms with van der Waals surface area (Å²) in [6, 6.07) is 6.75. The molecule has 3 nitrogen and oxygen atoms in total. The Morgan fingerprint density at radius 2 is 2.18 bits per heavy atom. The van der Waals surface area contributed by atoms with Gasteiger partial charge in [0.05, 0.1) is 12.7 Å². The number of nitrogens with one attached hydrogen (secondary N) is 1. The third-order valence-corrected chi connectivity index (χ3v) is 2.30. The van der Waals surface area contributed by atoms with E-state index in [-0.39, 0.29) is 12.4 Å². The van der Waals surface area contributed by atoms with Crippen molar-refractivity contribution in [3.05, 3.63) is 29.6 Å². The molecule has 1 unspecified atom stereocenters. The Bertz CT molecular complexity index is 408. The zero-order valence-corrected chi connectivity index (χ0v) is 10.4. The highest BCUT2D eigenvalue weighted by atomic mass is 19.1. The molecule has 1 atom stereocenters. The van der Waals surface area contributed by atoms with Gasteiger partial charge in [-0.05, 0) is 44.5 Å². The van der Waals surface area contributed by atoms with Gasteiger partial charge in [0.15, 0.2) is 0 Å². The van der Waals surface area contributed by atoms with Crippen LogP contribution in [0.4, 0.5) is 10.1 Å². The molecule has 0 aromatic heterocycles. The Morgan fingerprint density at radius 3 is 2.71 bits per heavy atom. The molecule has 0 heterocycles. The second-order valence-electron chi connectivity index (χ2n) is 4.22. The van der Waals surface area contributed by atoms with Crippen molar-refractivity contribution in [1.29, 1.82) is 5.26 Å². The number of benzene rings is 1. The summed E-state index contributed by atoms with van der Waals surface area (Å²) in [6.07, 6.45) is 0. The van der Waals surface area contributed by atoms with E-state index in [0.717, 1.165) is 5.56 Å². The topological polar surface area (TPSA) is 45.0 Å². The SMILES string of the molecule is CCOCC(C)(C#N)Nc1cc(C)cc(F)c1. The summed E-state index contributed by atoms with van der Waals surface area (Å²) in [6.45, 7) is 6.20. The molecule has 0 aliphatic heterocycles. The maximum absolute atomic E-state index is 13.2. The van der Waals surface area contributed by atoms with Crippen LogP contribution in [-0.4, -0.2) is 18.8 Å². The number of anilines is 1. The van der Waals surface area contributed by atoms with Gasteiger partial charge in [-0.3, -0.25) is 0 Å². The van der Waals surface area contributed by atoms with E-state index in [4.69, 9.17) is 10.00 Å². The van der Waals surface area contributed by atoms with Crippen molar-refractivity contribution < 1.29 is 9.13 Å². The van der Waals surface area contributed by atoms with E-state index in [1.807, 2.05) is 6.92 Å². The van der Waals surface area contributed by atoms with E-state index in [1.165, 1.54) is 12.1 Å². The number of aryl methyl sites for hydroxylation is 1. The zero-order valence-electron chi connectivity index (χ0n) is 10.4. The average Bonchev–Trinajstić information content (AvgIpc) is 2.25. The molecular weight excluding hydrogens is 219 g/mol. The van der Waals surface area contributed by atoms with E-state index in [1.54, 1.807) is 19.9 Å². The second kappa shape index (κ2) is 5.65. The molecule has 0 saturated carbocycles. The average molecular weight is 236 g/mol. The fourth-order valence-corrected chi connectivity index (χ4v) is 1.53. The minimum absolute atomic E-state index is 0.259. The van der Waals surface area contributed by atoms with Crippen LogP contribution >= 0.6 is 0 Å². The summed E-state index contributed by atoms with van der Waals surface area (Å²) in [7, 11) is 0. The lowest BCUT2D eigenvalue weighted by atomic mass is 10.1. The summed E-state index contributed by atoms with van der Waals surface area (Å²) in [5, 5.41) is 12.1. The summed E-state index contributed by atoms with van der Waals surface area (Å²) in [5.41, 5.74) is 0.548. The first-order valence-electron chi connectivity index (χ1n) is 5.53. The lowest BCUT2D eigenvalue weighted by Gasteiger charge is -2.24. The summed E-state index contributed by atoms with van der Waals surface area (Å²) in [5.74, 6) is -0.316. The van der Waals surface area contributed by atoms with Crippen molar-refractivity contribution >= 4 is 5.69 Å². The Morgan fingerprint density at radius 1 is 1.47 bits per heavy atom. The highest BCUT2D eigenvalue weighted by Gasteiger charge is 2.23. The first kappa shape index (κ1) is 13.5. The molecule has 0 saturated heterocycles. The van der Waals surface area contributed by atoms with Crippen LogP contribution in [0.15, 0.2) is 18.2 Å². The quantitative estimate of drug-likeness (QED) is 0.855. The predicted molar refractivity (Wildman–Crippen MR) is 65.3 cm³/mol. The number of nitriles is 1. The summed E-state index contributed by atoms with van der Waals surface area (Å²) >= 11 is 0.